The number of hydrogen-bond acceptors (Lipinski definition) is 4. The highest BCUT2D eigenvalue weighted by Crippen LogP contribution is 2.28. The lowest BCUT2D eigenvalue weighted by Gasteiger charge is -2.21. The van der Waals surface area contributed by atoms with Crippen molar-refractivity contribution in [2.75, 3.05) is 0 Å². The number of imidazole rings is 1. The Bertz CT molecular complexity index is 551. The molecule has 0 radical (unpaired) electrons. The second kappa shape index (κ2) is 5.79. The highest BCUT2D eigenvalue weighted by atomic mass is 16.5. The minimum absolute atomic E-state index is 0.000391. The van der Waals surface area contributed by atoms with Crippen LogP contribution in [0, 0.1) is 19.8 Å². The Morgan fingerprint density at radius 3 is 2.55 bits per heavy atom. The molecule has 0 amide bonds. The van der Waals surface area contributed by atoms with E-state index in [9.17, 15) is 0 Å². The molecule has 2 unspecified atom stereocenters. The van der Waals surface area contributed by atoms with Crippen LogP contribution < -0.4 is 5.73 Å². The van der Waals surface area contributed by atoms with Gasteiger partial charge in [0.15, 0.2) is 0 Å². The van der Waals surface area contributed by atoms with Crippen molar-refractivity contribution < 1.29 is 4.52 Å². The summed E-state index contributed by atoms with van der Waals surface area (Å²) in [6, 6.07) is 0.123. The van der Waals surface area contributed by atoms with Crippen molar-refractivity contribution in [2.45, 2.75) is 53.1 Å². The third kappa shape index (κ3) is 2.77. The van der Waals surface area contributed by atoms with E-state index in [4.69, 9.17) is 10.3 Å². The largest absolute Gasteiger partial charge is 0.361 e. The van der Waals surface area contributed by atoms with E-state index < -0.39 is 0 Å². The molecule has 20 heavy (non-hydrogen) atoms. The average Bonchev–Trinajstić information content (AvgIpc) is 2.95. The highest BCUT2D eigenvalue weighted by molar-refractivity contribution is 5.26. The van der Waals surface area contributed by atoms with E-state index in [1.54, 1.807) is 0 Å². The van der Waals surface area contributed by atoms with Crippen LogP contribution in [0.2, 0.25) is 0 Å². The first-order valence-corrected chi connectivity index (χ1v) is 7.11. The van der Waals surface area contributed by atoms with Gasteiger partial charge in [-0.15, -0.1) is 0 Å². The summed E-state index contributed by atoms with van der Waals surface area (Å²) in [5.74, 6) is 1.41. The first-order chi connectivity index (χ1) is 9.41. The molecule has 0 fully saturated rings. The Labute approximate surface area is 120 Å². The predicted molar refractivity (Wildman–Crippen MR) is 78.4 cm³/mol. The van der Waals surface area contributed by atoms with Gasteiger partial charge in [0.05, 0.1) is 23.8 Å². The van der Waals surface area contributed by atoms with Crippen molar-refractivity contribution in [1.82, 2.24) is 14.7 Å². The predicted octanol–water partition coefficient (Wildman–Crippen LogP) is 3.14. The van der Waals surface area contributed by atoms with Gasteiger partial charge in [-0.1, -0.05) is 19.0 Å². The summed E-state index contributed by atoms with van der Waals surface area (Å²) in [6.45, 7) is 10.4. The van der Waals surface area contributed by atoms with Gasteiger partial charge in [-0.25, -0.2) is 4.98 Å². The minimum Gasteiger partial charge on any atom is -0.361 e. The molecule has 0 aliphatic rings. The van der Waals surface area contributed by atoms with Gasteiger partial charge in [0.2, 0.25) is 0 Å². The molecule has 2 N–H and O–H groups in total. The second-order valence-corrected chi connectivity index (χ2v) is 5.88. The van der Waals surface area contributed by atoms with Crippen LogP contribution in [0.1, 0.15) is 62.0 Å². The molecule has 0 aliphatic heterocycles. The van der Waals surface area contributed by atoms with Crippen LogP contribution in [-0.2, 0) is 0 Å². The van der Waals surface area contributed by atoms with E-state index in [-0.39, 0.29) is 12.1 Å². The summed E-state index contributed by atoms with van der Waals surface area (Å²) in [7, 11) is 0. The van der Waals surface area contributed by atoms with Gasteiger partial charge < -0.3 is 14.8 Å². The zero-order chi connectivity index (χ0) is 14.9. The third-order valence-corrected chi connectivity index (χ3v) is 3.72. The molecule has 2 aromatic rings. The van der Waals surface area contributed by atoms with Crippen LogP contribution in [0.3, 0.4) is 0 Å². The van der Waals surface area contributed by atoms with Crippen LogP contribution in [0.15, 0.2) is 17.0 Å². The van der Waals surface area contributed by atoms with Gasteiger partial charge in [-0.05, 0) is 33.1 Å². The number of nitrogens with two attached hydrogens (primary N) is 1. The van der Waals surface area contributed by atoms with Crippen molar-refractivity contribution in [3.8, 4) is 0 Å². The zero-order valence-electron chi connectivity index (χ0n) is 12.9. The molecule has 2 rings (SSSR count). The first-order valence-electron chi connectivity index (χ1n) is 7.11. The Morgan fingerprint density at radius 1 is 1.30 bits per heavy atom. The van der Waals surface area contributed by atoms with Crippen molar-refractivity contribution in [1.29, 1.82) is 0 Å². The summed E-state index contributed by atoms with van der Waals surface area (Å²) >= 11 is 0. The topological polar surface area (TPSA) is 69.9 Å². The molecule has 110 valence electrons. The Hall–Kier alpha value is -1.62. The van der Waals surface area contributed by atoms with Crippen molar-refractivity contribution in [3.63, 3.8) is 0 Å². The minimum atomic E-state index is 0.000391. The van der Waals surface area contributed by atoms with Gasteiger partial charge in [0, 0.05) is 17.8 Å². The van der Waals surface area contributed by atoms with Crippen LogP contribution in [-0.4, -0.2) is 14.7 Å². The van der Waals surface area contributed by atoms with Gasteiger partial charge >= 0.3 is 0 Å². The normalized spacial score (nSPS) is 14.8. The van der Waals surface area contributed by atoms with Gasteiger partial charge in [-0.3, -0.25) is 0 Å². The number of aryl methyl sites for hydroxylation is 2. The summed E-state index contributed by atoms with van der Waals surface area (Å²) in [5.41, 5.74) is 9.41. The van der Waals surface area contributed by atoms with E-state index in [1.165, 1.54) is 0 Å². The summed E-state index contributed by atoms with van der Waals surface area (Å²) < 4.78 is 7.39. The standard InChI is InChI=1S/C15H24N4O/c1-9(2)6-13(16)14-7-17-8-19(14)11(4)15-10(3)18-20-12(15)5/h7-9,11,13H,6,16H2,1-5H3. The molecule has 0 saturated heterocycles. The molecule has 2 aromatic heterocycles. The quantitative estimate of drug-likeness (QED) is 0.910. The van der Waals surface area contributed by atoms with Crippen molar-refractivity contribution >= 4 is 0 Å². The molecular formula is C15H24N4O. The molecule has 0 spiro atoms. The second-order valence-electron chi connectivity index (χ2n) is 5.88. The maximum Gasteiger partial charge on any atom is 0.139 e. The van der Waals surface area contributed by atoms with E-state index >= 15 is 0 Å². The number of hydrogen-bond donors (Lipinski definition) is 1. The maximum atomic E-state index is 6.31. The molecule has 5 nitrogen and oxygen atoms in total. The van der Waals surface area contributed by atoms with E-state index in [2.05, 4.69) is 35.5 Å². The number of nitrogens with zero attached hydrogens (tertiary/aromatic N) is 3. The molecular weight excluding hydrogens is 252 g/mol. The lowest BCUT2D eigenvalue weighted by molar-refractivity contribution is 0.390. The average molecular weight is 276 g/mol. The lowest BCUT2D eigenvalue weighted by Crippen LogP contribution is -2.19. The van der Waals surface area contributed by atoms with Gasteiger partial charge in [0.1, 0.15) is 5.76 Å². The van der Waals surface area contributed by atoms with E-state index in [0.717, 1.165) is 29.1 Å². The fraction of sp³-hybridized carbons (Fsp3) is 0.600. The molecule has 2 atom stereocenters. The van der Waals surface area contributed by atoms with Gasteiger partial charge in [0.25, 0.3) is 0 Å². The zero-order valence-corrected chi connectivity index (χ0v) is 12.9. The summed E-state index contributed by atoms with van der Waals surface area (Å²) in [5, 5.41) is 4.03. The maximum absolute atomic E-state index is 6.31. The van der Waals surface area contributed by atoms with Crippen LogP contribution in [0.25, 0.3) is 0 Å². The van der Waals surface area contributed by atoms with Crippen LogP contribution >= 0.6 is 0 Å². The summed E-state index contributed by atoms with van der Waals surface area (Å²) in [4.78, 5) is 4.27. The van der Waals surface area contributed by atoms with E-state index in [0.29, 0.717) is 5.92 Å². The Kier molecular flexibility index (Phi) is 4.28. The fourth-order valence-electron chi connectivity index (χ4n) is 2.78. The molecule has 5 heteroatoms. The van der Waals surface area contributed by atoms with Crippen molar-refractivity contribution in [2.24, 2.45) is 11.7 Å². The molecule has 0 aromatic carbocycles. The first kappa shape index (κ1) is 14.8. The Morgan fingerprint density at radius 2 is 2.00 bits per heavy atom. The highest BCUT2D eigenvalue weighted by Gasteiger charge is 2.22. The third-order valence-electron chi connectivity index (χ3n) is 3.72. The van der Waals surface area contributed by atoms with E-state index in [1.807, 2.05) is 26.4 Å². The molecule has 2 heterocycles. The molecule has 0 aliphatic carbocycles. The monoisotopic (exact) mass is 276 g/mol. The number of rotatable bonds is 5. The molecule has 0 bridgehead atoms. The Balaban J connectivity index is 2.32. The van der Waals surface area contributed by atoms with Crippen LogP contribution in [0.5, 0.6) is 0 Å². The van der Waals surface area contributed by atoms with Crippen molar-refractivity contribution in [3.05, 3.63) is 35.2 Å². The summed E-state index contributed by atoms with van der Waals surface area (Å²) in [6.07, 6.45) is 4.65. The van der Waals surface area contributed by atoms with Crippen LogP contribution in [0.4, 0.5) is 0 Å². The fourth-order valence-corrected chi connectivity index (χ4v) is 2.78. The van der Waals surface area contributed by atoms with Gasteiger partial charge in [-0.2, -0.15) is 0 Å². The lowest BCUT2D eigenvalue weighted by atomic mass is 10.0. The number of aromatic nitrogens is 3. The SMILES string of the molecule is Cc1noc(C)c1C(C)n1cncc1C(N)CC(C)C. The molecule has 0 saturated carbocycles. The smallest absolute Gasteiger partial charge is 0.139 e.